The van der Waals surface area contributed by atoms with Gasteiger partial charge in [-0.25, -0.2) is 4.39 Å². The summed E-state index contributed by atoms with van der Waals surface area (Å²) in [6, 6.07) is 1.38. The van der Waals surface area contributed by atoms with Gasteiger partial charge >= 0.3 is 11.9 Å². The van der Waals surface area contributed by atoms with Gasteiger partial charge in [0.15, 0.2) is 5.82 Å². The van der Waals surface area contributed by atoms with Crippen LogP contribution in [-0.4, -0.2) is 40.6 Å². The topological polar surface area (TPSA) is 91.5 Å². The number of halogens is 5. The summed E-state index contributed by atoms with van der Waals surface area (Å²) in [5.74, 6) is -7.22. The second-order valence-electron chi connectivity index (χ2n) is 7.92. The van der Waals surface area contributed by atoms with Crippen molar-refractivity contribution in [1.82, 2.24) is 10.1 Å². The Morgan fingerprint density at radius 1 is 1.25 bits per heavy atom. The maximum Gasteiger partial charge on any atom is 0.335 e. The predicted octanol–water partition coefficient (Wildman–Crippen LogP) is 5.85. The van der Waals surface area contributed by atoms with Crippen LogP contribution in [0.2, 0.25) is 10.0 Å². The van der Waals surface area contributed by atoms with Crippen LogP contribution < -0.4 is 0 Å². The standard InChI is InChI=1S/C19H22Cl2F3N2O5P/c1-6-29-32(5,28)13(16(27)30-18(2,3)4)9-14-25-17(26-31-14)19(23,24)10-7-11(20)15(22)12(21)8-10/h7-8,13H,6,9H2,1-5H3. The zero-order valence-electron chi connectivity index (χ0n) is 17.9. The normalized spacial score (nSPS) is 15.3. The summed E-state index contributed by atoms with van der Waals surface area (Å²) in [5.41, 5.74) is -3.02. The quantitative estimate of drug-likeness (QED) is 0.246. The number of ether oxygens (including phenoxy) is 1. The maximum absolute atomic E-state index is 14.9. The number of aromatic nitrogens is 2. The molecular formula is C19H22Cl2F3N2O5P. The van der Waals surface area contributed by atoms with Gasteiger partial charge in [0, 0.05) is 18.6 Å². The van der Waals surface area contributed by atoms with Gasteiger partial charge in [-0.2, -0.15) is 13.8 Å². The molecule has 1 aromatic carbocycles. The number of esters is 1. The third-order valence-electron chi connectivity index (χ3n) is 4.09. The van der Waals surface area contributed by atoms with Crippen LogP contribution in [-0.2, 0) is 31.0 Å². The summed E-state index contributed by atoms with van der Waals surface area (Å²) in [7, 11) is -3.58. The van der Waals surface area contributed by atoms with E-state index < -0.39 is 70.1 Å². The first-order valence-electron chi connectivity index (χ1n) is 9.39. The average molecular weight is 517 g/mol. The molecule has 2 atom stereocenters. The van der Waals surface area contributed by atoms with Gasteiger partial charge < -0.3 is 13.8 Å². The van der Waals surface area contributed by atoms with Gasteiger partial charge in [-0.15, -0.1) is 0 Å². The fourth-order valence-corrected chi connectivity index (χ4v) is 4.76. The third kappa shape index (κ3) is 6.25. The molecule has 0 aliphatic carbocycles. The molecule has 7 nitrogen and oxygen atoms in total. The van der Waals surface area contributed by atoms with Crippen LogP contribution >= 0.6 is 30.6 Å². The van der Waals surface area contributed by atoms with Crippen molar-refractivity contribution >= 4 is 36.5 Å². The van der Waals surface area contributed by atoms with Crippen molar-refractivity contribution in [2.24, 2.45) is 0 Å². The summed E-state index contributed by atoms with van der Waals surface area (Å²) in [4.78, 5) is 16.3. The molecule has 13 heteroatoms. The van der Waals surface area contributed by atoms with E-state index in [0.717, 1.165) is 0 Å². The monoisotopic (exact) mass is 516 g/mol. The number of hydrogen-bond acceptors (Lipinski definition) is 7. The minimum absolute atomic E-state index is 0.0479. The lowest BCUT2D eigenvalue weighted by Crippen LogP contribution is -2.33. The number of alkyl halides is 2. The molecule has 32 heavy (non-hydrogen) atoms. The van der Waals surface area contributed by atoms with Crippen LogP contribution in [0, 0.1) is 5.82 Å². The summed E-state index contributed by atoms with van der Waals surface area (Å²) in [6.45, 7) is 7.73. The Balaban J connectivity index is 2.37. The largest absolute Gasteiger partial charge is 0.459 e. The number of rotatable bonds is 8. The fraction of sp³-hybridized carbons (Fsp3) is 0.526. The van der Waals surface area contributed by atoms with E-state index in [-0.39, 0.29) is 6.61 Å². The minimum Gasteiger partial charge on any atom is -0.459 e. The molecule has 2 rings (SSSR count). The lowest BCUT2D eigenvalue weighted by atomic mass is 10.1. The third-order valence-corrected chi connectivity index (χ3v) is 6.94. The van der Waals surface area contributed by atoms with Crippen LogP contribution in [0.4, 0.5) is 13.2 Å². The molecule has 0 radical (unpaired) electrons. The first-order valence-corrected chi connectivity index (χ1v) is 12.3. The van der Waals surface area contributed by atoms with Gasteiger partial charge in [-0.3, -0.25) is 9.36 Å². The fourth-order valence-electron chi connectivity index (χ4n) is 2.65. The molecule has 2 unspecified atom stereocenters. The van der Waals surface area contributed by atoms with Gasteiger partial charge in [-0.05, 0) is 39.8 Å². The van der Waals surface area contributed by atoms with Gasteiger partial charge in [-0.1, -0.05) is 28.4 Å². The zero-order valence-corrected chi connectivity index (χ0v) is 20.3. The molecule has 178 valence electrons. The average Bonchev–Trinajstić information content (AvgIpc) is 3.11. The Bertz CT molecular complexity index is 1020. The Hall–Kier alpha value is -1.61. The molecule has 0 saturated heterocycles. The Kier molecular flexibility index (Phi) is 8.08. The highest BCUT2D eigenvalue weighted by Crippen LogP contribution is 2.50. The highest BCUT2D eigenvalue weighted by atomic mass is 35.5. The number of carbonyl (C=O) groups excluding carboxylic acids is 1. The lowest BCUT2D eigenvalue weighted by molar-refractivity contribution is -0.154. The zero-order chi connectivity index (χ0) is 24.5. The van der Waals surface area contributed by atoms with Crippen LogP contribution in [0.3, 0.4) is 0 Å². The number of hydrogen-bond donors (Lipinski definition) is 0. The van der Waals surface area contributed by atoms with Crippen LogP contribution in [0.5, 0.6) is 0 Å². The maximum atomic E-state index is 14.9. The molecule has 1 aromatic heterocycles. The van der Waals surface area contributed by atoms with Crippen molar-refractivity contribution < 1.29 is 36.3 Å². The first-order chi connectivity index (χ1) is 14.6. The van der Waals surface area contributed by atoms with E-state index in [1.54, 1.807) is 27.7 Å². The van der Waals surface area contributed by atoms with Gasteiger partial charge in [0.1, 0.15) is 11.3 Å². The van der Waals surface area contributed by atoms with E-state index in [9.17, 15) is 22.5 Å². The molecule has 0 aliphatic heterocycles. The second kappa shape index (κ2) is 9.71. The van der Waals surface area contributed by atoms with E-state index >= 15 is 0 Å². The summed E-state index contributed by atoms with van der Waals surface area (Å²) < 4.78 is 71.7. The SMILES string of the molecule is CCOP(C)(=O)C(Cc1nc(C(F)(F)c2cc(Cl)c(F)c(Cl)c2)no1)C(=O)OC(C)(C)C. The smallest absolute Gasteiger partial charge is 0.335 e. The van der Waals surface area contributed by atoms with E-state index in [0.29, 0.717) is 12.1 Å². The molecule has 0 fully saturated rings. The summed E-state index contributed by atoms with van der Waals surface area (Å²) >= 11 is 11.2. The lowest BCUT2D eigenvalue weighted by Gasteiger charge is -2.26. The number of benzene rings is 1. The minimum atomic E-state index is -3.85. The molecule has 0 bridgehead atoms. The van der Waals surface area contributed by atoms with Crippen LogP contribution in [0.25, 0.3) is 0 Å². The van der Waals surface area contributed by atoms with Crippen LogP contribution in [0.15, 0.2) is 16.7 Å². The highest BCUT2D eigenvalue weighted by molar-refractivity contribution is 7.60. The molecule has 1 heterocycles. The predicted molar refractivity (Wildman–Crippen MR) is 112 cm³/mol. The van der Waals surface area contributed by atoms with Gasteiger partial charge in [0.25, 0.3) is 0 Å². The second-order valence-corrected chi connectivity index (χ2v) is 11.4. The van der Waals surface area contributed by atoms with Crippen molar-refractivity contribution in [3.05, 3.63) is 45.3 Å². The number of carbonyl (C=O) groups is 1. The molecule has 0 N–H and O–H groups in total. The summed E-state index contributed by atoms with van der Waals surface area (Å²) in [5, 5.41) is 2.05. The Morgan fingerprint density at radius 2 is 1.81 bits per heavy atom. The summed E-state index contributed by atoms with van der Waals surface area (Å²) in [6.07, 6.45) is -0.462. The van der Waals surface area contributed by atoms with E-state index in [1.807, 2.05) is 0 Å². The molecule has 0 aliphatic rings. The van der Waals surface area contributed by atoms with E-state index in [4.69, 9.17) is 37.0 Å². The molecule has 0 amide bonds. The van der Waals surface area contributed by atoms with Gasteiger partial charge in [0.05, 0.1) is 16.7 Å². The van der Waals surface area contributed by atoms with Gasteiger partial charge in [0.2, 0.25) is 19.1 Å². The van der Waals surface area contributed by atoms with Crippen molar-refractivity contribution in [3.63, 3.8) is 0 Å². The van der Waals surface area contributed by atoms with Crippen molar-refractivity contribution in [2.75, 3.05) is 13.3 Å². The molecule has 0 spiro atoms. The Labute approximate surface area is 193 Å². The number of nitrogens with zero attached hydrogens (tertiary/aromatic N) is 2. The van der Waals surface area contributed by atoms with Crippen molar-refractivity contribution in [2.45, 2.75) is 51.3 Å². The van der Waals surface area contributed by atoms with Crippen molar-refractivity contribution in [3.8, 4) is 0 Å². The Morgan fingerprint density at radius 3 is 2.31 bits per heavy atom. The molecule has 0 saturated carbocycles. The highest BCUT2D eigenvalue weighted by Gasteiger charge is 2.43. The van der Waals surface area contributed by atoms with E-state index in [2.05, 4.69) is 10.1 Å². The first kappa shape index (κ1) is 26.6. The van der Waals surface area contributed by atoms with Crippen molar-refractivity contribution in [1.29, 1.82) is 0 Å². The molecule has 2 aromatic rings. The van der Waals surface area contributed by atoms with E-state index in [1.165, 1.54) is 6.66 Å². The van der Waals surface area contributed by atoms with Crippen LogP contribution in [0.1, 0.15) is 45.0 Å². The molecular weight excluding hydrogens is 495 g/mol.